The van der Waals surface area contributed by atoms with E-state index in [4.69, 9.17) is 9.47 Å². The number of aromatic hydroxyl groups is 1. The molecular weight excluding hydrogens is 592 g/mol. The Kier molecular flexibility index (Phi) is 6.16. The maximum absolute atomic E-state index is 11.5. The lowest BCUT2D eigenvalue weighted by Gasteiger charge is -2.64. The lowest BCUT2D eigenvalue weighted by atomic mass is 9.48. The predicted molar refractivity (Wildman–Crippen MR) is 189 cm³/mol. The molecule has 244 valence electrons. The van der Waals surface area contributed by atoms with Gasteiger partial charge in [0.1, 0.15) is 5.60 Å². The van der Waals surface area contributed by atoms with Crippen molar-refractivity contribution in [2.45, 2.75) is 89.2 Å². The van der Waals surface area contributed by atoms with E-state index >= 15 is 0 Å². The van der Waals surface area contributed by atoms with E-state index in [1.807, 2.05) is 6.07 Å². The van der Waals surface area contributed by atoms with Gasteiger partial charge in [0.15, 0.2) is 17.6 Å². The lowest BCUT2D eigenvalue weighted by Crippen LogP contribution is -2.75. The quantitative estimate of drug-likeness (QED) is 0.196. The predicted octanol–water partition coefficient (Wildman–Crippen LogP) is 8.24. The van der Waals surface area contributed by atoms with E-state index in [1.54, 1.807) is 0 Å². The average molecular weight is 637 g/mol. The summed E-state index contributed by atoms with van der Waals surface area (Å²) in [6, 6.07) is 28.8. The Morgan fingerprint density at radius 3 is 2.48 bits per heavy atom. The van der Waals surface area contributed by atoms with Gasteiger partial charge in [-0.3, -0.25) is 4.90 Å². The first kappa shape index (κ1) is 28.9. The molecule has 0 amide bonds. The Labute approximate surface area is 283 Å². The number of rotatable bonds is 7. The van der Waals surface area contributed by atoms with Gasteiger partial charge in [0, 0.05) is 36.5 Å². The van der Waals surface area contributed by atoms with Crippen molar-refractivity contribution in [3.05, 3.63) is 129 Å². The number of benzene rings is 4. The Balaban J connectivity index is 1.24. The number of para-hydroxylation sites is 1. The number of piperidine rings is 1. The van der Waals surface area contributed by atoms with E-state index in [0.29, 0.717) is 12.4 Å². The van der Waals surface area contributed by atoms with Gasteiger partial charge in [-0.1, -0.05) is 83.9 Å². The second-order valence-electron chi connectivity index (χ2n) is 15.6. The molecule has 1 saturated heterocycles. The van der Waals surface area contributed by atoms with Crippen molar-refractivity contribution in [3.63, 3.8) is 0 Å². The topological polar surface area (TPSA) is 46.9 Å². The molecule has 2 aliphatic heterocycles. The van der Waals surface area contributed by atoms with Crippen LogP contribution in [0.2, 0.25) is 0 Å². The van der Waals surface area contributed by atoms with Crippen LogP contribution in [0.5, 0.6) is 11.5 Å². The zero-order valence-corrected chi connectivity index (χ0v) is 28.3. The van der Waals surface area contributed by atoms with E-state index in [0.717, 1.165) is 44.8 Å². The first-order chi connectivity index (χ1) is 23.4. The standard InChI is InChI=1S/C43H44N2O3/c1-26-7-4-10-30(19-26)24-45-38-28(3)9-6-12-33(38)34-22-43(47-25-31-11-5-8-27(2)20-31)36-21-32-15-16-35(46)40-37(32)42(43,41(48-40)39(34)45)17-18-44(36)23-29-13-14-29/h4-12,15-16,19-20,29,36,41,46H,13-14,17-18,21-25H2,1-3H3/t36-,41+,42+,43-/m1/s1. The third-order valence-corrected chi connectivity index (χ3v) is 12.6. The van der Waals surface area contributed by atoms with Crippen molar-refractivity contribution in [2.24, 2.45) is 5.92 Å². The molecule has 3 aliphatic carbocycles. The van der Waals surface area contributed by atoms with Crippen LogP contribution in [0.1, 0.15) is 75.6 Å². The smallest absolute Gasteiger partial charge is 0.166 e. The molecule has 0 unspecified atom stereocenters. The zero-order valence-electron chi connectivity index (χ0n) is 28.3. The van der Waals surface area contributed by atoms with Crippen LogP contribution in [-0.4, -0.2) is 39.3 Å². The van der Waals surface area contributed by atoms with E-state index in [1.165, 1.54) is 73.9 Å². The number of fused-ring (bicyclic) bond motifs is 4. The van der Waals surface area contributed by atoms with E-state index in [-0.39, 0.29) is 17.9 Å². The Bertz CT molecular complexity index is 2130. The molecule has 4 aromatic carbocycles. The van der Waals surface area contributed by atoms with Gasteiger partial charge in [0.2, 0.25) is 0 Å². The number of nitrogens with zero attached hydrogens (tertiary/aromatic N) is 2. The van der Waals surface area contributed by atoms with Crippen LogP contribution in [0.25, 0.3) is 10.9 Å². The van der Waals surface area contributed by atoms with Crippen molar-refractivity contribution < 1.29 is 14.6 Å². The SMILES string of the molecule is Cc1cccc(CO[C@@]23Cc4c(n(Cc5cccc(C)c5)c5c(C)cccc45)[C@@H]4Oc5c(O)ccc6c5[C@@]42CCN(CC2CC2)[C@@H]3C6)c1. The normalized spacial score (nSPS) is 26.7. The highest BCUT2D eigenvalue weighted by atomic mass is 16.5. The molecule has 2 bridgehead atoms. The number of aryl methyl sites for hydroxylation is 3. The van der Waals surface area contributed by atoms with Crippen LogP contribution < -0.4 is 4.74 Å². The molecular formula is C43H44N2O3. The number of phenolic OH excluding ortho intramolecular Hbond substituents is 1. The van der Waals surface area contributed by atoms with Gasteiger partial charge in [-0.05, 0) is 92.8 Å². The van der Waals surface area contributed by atoms with Crippen LogP contribution in [0, 0.1) is 26.7 Å². The Morgan fingerprint density at radius 2 is 1.69 bits per heavy atom. The average Bonchev–Trinajstić information content (AvgIpc) is 3.74. The zero-order chi connectivity index (χ0) is 32.4. The van der Waals surface area contributed by atoms with Crippen LogP contribution >= 0.6 is 0 Å². The molecule has 5 aromatic rings. The summed E-state index contributed by atoms with van der Waals surface area (Å²) in [7, 11) is 0. The molecule has 48 heavy (non-hydrogen) atoms. The minimum atomic E-state index is -0.514. The minimum Gasteiger partial charge on any atom is -0.504 e. The molecule has 5 heteroatoms. The van der Waals surface area contributed by atoms with Gasteiger partial charge in [-0.2, -0.15) is 0 Å². The van der Waals surface area contributed by atoms with Crippen molar-refractivity contribution >= 4 is 10.9 Å². The second-order valence-corrected chi connectivity index (χ2v) is 15.6. The monoisotopic (exact) mass is 636 g/mol. The first-order valence-corrected chi connectivity index (χ1v) is 18.0. The molecule has 4 atom stereocenters. The largest absolute Gasteiger partial charge is 0.504 e. The molecule has 0 radical (unpaired) electrons. The van der Waals surface area contributed by atoms with E-state index < -0.39 is 11.0 Å². The number of hydrogen-bond donors (Lipinski definition) is 1. The Hall–Kier alpha value is -4.06. The lowest BCUT2D eigenvalue weighted by molar-refractivity contribution is -0.211. The van der Waals surface area contributed by atoms with Crippen molar-refractivity contribution in [3.8, 4) is 11.5 Å². The van der Waals surface area contributed by atoms with Crippen molar-refractivity contribution in [1.82, 2.24) is 9.47 Å². The van der Waals surface area contributed by atoms with Gasteiger partial charge in [-0.15, -0.1) is 0 Å². The second kappa shape index (κ2) is 10.2. The van der Waals surface area contributed by atoms with Crippen molar-refractivity contribution in [2.75, 3.05) is 13.1 Å². The van der Waals surface area contributed by atoms with Crippen molar-refractivity contribution in [1.29, 1.82) is 0 Å². The summed E-state index contributed by atoms with van der Waals surface area (Å²) >= 11 is 0. The van der Waals surface area contributed by atoms with Crippen LogP contribution in [-0.2, 0) is 36.1 Å². The highest BCUT2D eigenvalue weighted by Crippen LogP contribution is 2.70. The molecule has 10 rings (SSSR count). The molecule has 3 heterocycles. The molecule has 1 spiro atoms. The van der Waals surface area contributed by atoms with Crippen LogP contribution in [0.15, 0.2) is 78.9 Å². The maximum atomic E-state index is 11.5. The van der Waals surface area contributed by atoms with Gasteiger partial charge < -0.3 is 19.1 Å². The molecule has 5 nitrogen and oxygen atoms in total. The Morgan fingerprint density at radius 1 is 0.917 bits per heavy atom. The van der Waals surface area contributed by atoms with Gasteiger partial charge in [-0.25, -0.2) is 0 Å². The third-order valence-electron chi connectivity index (χ3n) is 12.6. The number of hydrogen-bond acceptors (Lipinski definition) is 4. The summed E-state index contributed by atoms with van der Waals surface area (Å²) in [6.07, 6.45) is 5.10. The number of ether oxygens (including phenoxy) is 2. The molecule has 1 saturated carbocycles. The first-order valence-electron chi connectivity index (χ1n) is 18.0. The maximum Gasteiger partial charge on any atom is 0.166 e. The third kappa shape index (κ3) is 3.92. The fourth-order valence-corrected chi connectivity index (χ4v) is 10.5. The molecule has 2 fully saturated rings. The molecule has 5 aliphatic rings. The number of phenols is 1. The summed E-state index contributed by atoms with van der Waals surface area (Å²) in [5.74, 6) is 1.73. The summed E-state index contributed by atoms with van der Waals surface area (Å²) in [5, 5.41) is 12.8. The van der Waals surface area contributed by atoms with Crippen LogP contribution in [0.4, 0.5) is 0 Å². The summed E-state index contributed by atoms with van der Waals surface area (Å²) in [5.41, 5.74) is 11.9. The number of likely N-dealkylation sites (tertiary alicyclic amines) is 1. The van der Waals surface area contributed by atoms with Crippen LogP contribution in [0.3, 0.4) is 0 Å². The molecule has 1 N–H and O–H groups in total. The summed E-state index contributed by atoms with van der Waals surface area (Å²) in [4.78, 5) is 2.80. The number of aromatic nitrogens is 1. The van der Waals surface area contributed by atoms with Gasteiger partial charge in [0.25, 0.3) is 0 Å². The van der Waals surface area contributed by atoms with E-state index in [2.05, 4.69) is 103 Å². The highest BCUT2D eigenvalue weighted by molar-refractivity contribution is 5.90. The molecule has 1 aromatic heterocycles. The summed E-state index contributed by atoms with van der Waals surface area (Å²) in [6.45, 7) is 10.1. The fraction of sp³-hybridized carbons (Fsp3) is 0.395. The van der Waals surface area contributed by atoms with Gasteiger partial charge in [0.05, 0.1) is 23.2 Å². The fourth-order valence-electron chi connectivity index (χ4n) is 10.5. The minimum absolute atomic E-state index is 0.221. The van der Waals surface area contributed by atoms with Gasteiger partial charge >= 0.3 is 0 Å². The highest BCUT2D eigenvalue weighted by Gasteiger charge is 2.74. The summed E-state index contributed by atoms with van der Waals surface area (Å²) < 4.78 is 17.5. The van der Waals surface area contributed by atoms with E-state index in [9.17, 15) is 5.11 Å².